The number of hydrogen-bond donors (Lipinski definition) is 2. The number of hydrogen-bond acceptors (Lipinski definition) is 6. The van der Waals surface area contributed by atoms with E-state index in [-0.39, 0.29) is 11.2 Å². The molecule has 1 saturated heterocycles. The molecule has 1 unspecified atom stereocenters. The number of nitro groups is 1. The minimum atomic E-state index is -0.419. The van der Waals surface area contributed by atoms with Gasteiger partial charge in [0.15, 0.2) is 0 Å². The van der Waals surface area contributed by atoms with Gasteiger partial charge >= 0.3 is 5.69 Å². The molecular formula is C13H20N4O3. The third-order valence-electron chi connectivity index (χ3n) is 3.27. The van der Waals surface area contributed by atoms with Gasteiger partial charge < -0.3 is 15.4 Å². The standard InChI is InChI=1S/C13H20N4O3/c1-3-7-14-11-5-4-10(17(18)19)12(15-11)16-13(2)6-8-20-9-13/h4-5H,3,6-9H2,1-2H3,(H2,14,15,16). The van der Waals surface area contributed by atoms with Crippen LogP contribution < -0.4 is 10.6 Å². The van der Waals surface area contributed by atoms with Crippen LogP contribution in [0.3, 0.4) is 0 Å². The maximum atomic E-state index is 11.1. The highest BCUT2D eigenvalue weighted by Gasteiger charge is 2.32. The van der Waals surface area contributed by atoms with Crippen LogP contribution in [0.1, 0.15) is 26.7 Å². The van der Waals surface area contributed by atoms with Gasteiger partial charge in [-0.15, -0.1) is 0 Å². The van der Waals surface area contributed by atoms with E-state index in [1.54, 1.807) is 6.07 Å². The van der Waals surface area contributed by atoms with Crippen LogP contribution in [-0.4, -0.2) is 35.2 Å². The molecule has 2 rings (SSSR count). The largest absolute Gasteiger partial charge is 0.379 e. The lowest BCUT2D eigenvalue weighted by molar-refractivity contribution is -0.384. The fourth-order valence-corrected chi connectivity index (χ4v) is 2.09. The molecule has 7 heteroatoms. The second-order valence-electron chi connectivity index (χ2n) is 5.24. The highest BCUT2D eigenvalue weighted by atomic mass is 16.6. The molecule has 7 nitrogen and oxygen atoms in total. The fraction of sp³-hybridized carbons (Fsp3) is 0.615. The zero-order valence-corrected chi connectivity index (χ0v) is 11.8. The van der Waals surface area contributed by atoms with E-state index >= 15 is 0 Å². The van der Waals surface area contributed by atoms with Gasteiger partial charge in [-0.25, -0.2) is 4.98 Å². The van der Waals surface area contributed by atoms with E-state index in [4.69, 9.17) is 4.74 Å². The van der Waals surface area contributed by atoms with Crippen LogP contribution in [-0.2, 0) is 4.74 Å². The number of pyridine rings is 1. The average Bonchev–Trinajstić information content (AvgIpc) is 2.82. The van der Waals surface area contributed by atoms with Crippen LogP contribution in [0.4, 0.5) is 17.3 Å². The normalized spacial score (nSPS) is 21.7. The average molecular weight is 280 g/mol. The first-order valence-corrected chi connectivity index (χ1v) is 6.79. The molecule has 1 aliphatic rings. The fourth-order valence-electron chi connectivity index (χ4n) is 2.09. The van der Waals surface area contributed by atoms with Gasteiger partial charge in [-0.2, -0.15) is 0 Å². The van der Waals surface area contributed by atoms with E-state index in [1.807, 2.05) is 6.92 Å². The molecule has 2 N–H and O–H groups in total. The molecule has 2 heterocycles. The van der Waals surface area contributed by atoms with Crippen LogP contribution in [0.2, 0.25) is 0 Å². The van der Waals surface area contributed by atoms with Crippen molar-refractivity contribution in [3.63, 3.8) is 0 Å². The molecule has 1 aromatic rings. The molecule has 1 aromatic heterocycles. The molecule has 1 aliphatic heterocycles. The van der Waals surface area contributed by atoms with Crippen molar-refractivity contribution >= 4 is 17.3 Å². The first-order chi connectivity index (χ1) is 9.54. The molecule has 1 atom stereocenters. The second kappa shape index (κ2) is 6.04. The van der Waals surface area contributed by atoms with Crippen molar-refractivity contribution in [2.24, 2.45) is 0 Å². The molecule has 0 aliphatic carbocycles. The third-order valence-corrected chi connectivity index (χ3v) is 3.27. The monoisotopic (exact) mass is 280 g/mol. The topological polar surface area (TPSA) is 89.3 Å². The number of rotatable bonds is 6. The van der Waals surface area contributed by atoms with Crippen LogP contribution in [0, 0.1) is 10.1 Å². The predicted molar refractivity (Wildman–Crippen MR) is 77.1 cm³/mol. The number of nitrogens with zero attached hydrogens (tertiary/aromatic N) is 2. The highest BCUT2D eigenvalue weighted by molar-refractivity contribution is 5.61. The number of nitrogens with one attached hydrogen (secondary N) is 2. The molecule has 0 saturated carbocycles. The minimum Gasteiger partial charge on any atom is -0.379 e. The molecule has 0 spiro atoms. The summed E-state index contributed by atoms with van der Waals surface area (Å²) in [6.45, 7) is 6.00. The molecule has 20 heavy (non-hydrogen) atoms. The summed E-state index contributed by atoms with van der Waals surface area (Å²) >= 11 is 0. The predicted octanol–water partition coefficient (Wildman–Crippen LogP) is 2.40. The van der Waals surface area contributed by atoms with Gasteiger partial charge in [-0.05, 0) is 25.8 Å². The highest BCUT2D eigenvalue weighted by Crippen LogP contribution is 2.30. The maximum Gasteiger partial charge on any atom is 0.311 e. The van der Waals surface area contributed by atoms with Crippen LogP contribution in [0.15, 0.2) is 12.1 Å². The number of ether oxygens (including phenoxy) is 1. The van der Waals surface area contributed by atoms with Gasteiger partial charge in [0, 0.05) is 19.2 Å². The summed E-state index contributed by atoms with van der Waals surface area (Å²) in [5, 5.41) is 17.4. The first kappa shape index (κ1) is 14.5. The molecule has 0 aromatic carbocycles. The summed E-state index contributed by atoms with van der Waals surface area (Å²) in [7, 11) is 0. The van der Waals surface area contributed by atoms with Gasteiger partial charge in [0.1, 0.15) is 5.82 Å². The number of aromatic nitrogens is 1. The molecule has 0 amide bonds. The van der Waals surface area contributed by atoms with Crippen molar-refractivity contribution in [3.8, 4) is 0 Å². The van der Waals surface area contributed by atoms with E-state index in [2.05, 4.69) is 22.5 Å². The third kappa shape index (κ3) is 3.36. The Morgan fingerprint density at radius 1 is 1.55 bits per heavy atom. The van der Waals surface area contributed by atoms with Crippen LogP contribution >= 0.6 is 0 Å². The smallest absolute Gasteiger partial charge is 0.311 e. The van der Waals surface area contributed by atoms with Crippen LogP contribution in [0.5, 0.6) is 0 Å². The Bertz CT molecular complexity index is 487. The van der Waals surface area contributed by atoms with Crippen molar-refractivity contribution in [1.82, 2.24) is 4.98 Å². The Labute approximate surface area is 117 Å². The Morgan fingerprint density at radius 3 is 2.95 bits per heavy atom. The quantitative estimate of drug-likeness (QED) is 0.614. The summed E-state index contributed by atoms with van der Waals surface area (Å²) in [4.78, 5) is 15.0. The number of anilines is 2. The van der Waals surface area contributed by atoms with Gasteiger partial charge in [0.25, 0.3) is 0 Å². The van der Waals surface area contributed by atoms with E-state index in [0.717, 1.165) is 19.4 Å². The molecule has 110 valence electrons. The van der Waals surface area contributed by atoms with Crippen molar-refractivity contribution in [1.29, 1.82) is 0 Å². The molecular weight excluding hydrogens is 260 g/mol. The lowest BCUT2D eigenvalue weighted by Crippen LogP contribution is -2.35. The Hall–Kier alpha value is -1.89. The van der Waals surface area contributed by atoms with Gasteiger partial charge in [0.2, 0.25) is 5.82 Å². The summed E-state index contributed by atoms with van der Waals surface area (Å²) in [5.41, 5.74) is -0.318. The SMILES string of the molecule is CCCNc1ccc([N+](=O)[O-])c(NC2(C)CCOC2)n1. The lowest BCUT2D eigenvalue weighted by atomic mass is 10.0. The Morgan fingerprint density at radius 2 is 2.35 bits per heavy atom. The van der Waals surface area contributed by atoms with E-state index < -0.39 is 4.92 Å². The van der Waals surface area contributed by atoms with Crippen molar-refractivity contribution in [2.45, 2.75) is 32.2 Å². The van der Waals surface area contributed by atoms with Crippen molar-refractivity contribution in [2.75, 3.05) is 30.4 Å². The van der Waals surface area contributed by atoms with Gasteiger partial charge in [-0.3, -0.25) is 10.1 Å². The van der Waals surface area contributed by atoms with E-state index in [9.17, 15) is 10.1 Å². The van der Waals surface area contributed by atoms with E-state index in [0.29, 0.717) is 24.8 Å². The molecule has 0 radical (unpaired) electrons. The van der Waals surface area contributed by atoms with Crippen LogP contribution in [0.25, 0.3) is 0 Å². The van der Waals surface area contributed by atoms with Gasteiger partial charge in [-0.1, -0.05) is 6.92 Å². The first-order valence-electron chi connectivity index (χ1n) is 6.79. The summed E-state index contributed by atoms with van der Waals surface area (Å²) in [6, 6.07) is 3.11. The van der Waals surface area contributed by atoms with Crippen molar-refractivity contribution < 1.29 is 9.66 Å². The van der Waals surface area contributed by atoms with Crippen molar-refractivity contribution in [3.05, 3.63) is 22.2 Å². The van der Waals surface area contributed by atoms with E-state index in [1.165, 1.54) is 6.07 Å². The maximum absolute atomic E-state index is 11.1. The second-order valence-corrected chi connectivity index (χ2v) is 5.24. The summed E-state index contributed by atoms with van der Waals surface area (Å²) < 4.78 is 5.35. The zero-order valence-electron chi connectivity index (χ0n) is 11.8. The molecule has 0 bridgehead atoms. The Kier molecular flexibility index (Phi) is 4.39. The molecule has 1 fully saturated rings. The Balaban J connectivity index is 2.24. The summed E-state index contributed by atoms with van der Waals surface area (Å²) in [5.74, 6) is 0.937. The lowest BCUT2D eigenvalue weighted by Gasteiger charge is -2.24. The van der Waals surface area contributed by atoms with Gasteiger partial charge in [0.05, 0.1) is 17.1 Å². The summed E-state index contributed by atoms with van der Waals surface area (Å²) in [6.07, 6.45) is 1.77. The zero-order chi connectivity index (χ0) is 14.6. The minimum absolute atomic E-state index is 0.0137.